The summed E-state index contributed by atoms with van der Waals surface area (Å²) in [4.78, 5) is 27.1. The van der Waals surface area contributed by atoms with E-state index < -0.39 is 17.7 Å². The number of benzene rings is 2. The number of ether oxygens (including phenoxy) is 3. The second-order valence-corrected chi connectivity index (χ2v) is 6.46. The number of carbonyl (C=O) groups excluding carboxylic acids is 2. The predicted octanol–water partition coefficient (Wildman–Crippen LogP) is 2.77. The summed E-state index contributed by atoms with van der Waals surface area (Å²) in [5.41, 5.74) is 1.04. The van der Waals surface area contributed by atoms with Crippen LogP contribution in [-0.2, 0) is 14.3 Å². The molecule has 0 spiro atoms. The van der Waals surface area contributed by atoms with Crippen LogP contribution in [0.15, 0.2) is 54.1 Å². The molecule has 1 unspecified atom stereocenters. The fourth-order valence-corrected chi connectivity index (χ4v) is 3.42. The van der Waals surface area contributed by atoms with Crippen LogP contribution in [0.3, 0.4) is 0 Å². The summed E-state index contributed by atoms with van der Waals surface area (Å²) in [5, 5.41) is 10.9. The molecular formula is C22H23NO6. The largest absolute Gasteiger partial charge is 0.507 e. The Balaban J connectivity index is 2.21. The maximum atomic E-state index is 12.9. The van der Waals surface area contributed by atoms with Crippen LogP contribution in [0.1, 0.15) is 17.2 Å². The predicted molar refractivity (Wildman–Crippen MR) is 107 cm³/mol. The minimum atomic E-state index is -0.814. The Morgan fingerprint density at radius 3 is 2.38 bits per heavy atom. The zero-order valence-corrected chi connectivity index (χ0v) is 16.5. The lowest BCUT2D eigenvalue weighted by Crippen LogP contribution is -2.32. The van der Waals surface area contributed by atoms with Gasteiger partial charge in [-0.3, -0.25) is 9.59 Å². The number of hydrogen-bond acceptors (Lipinski definition) is 6. The Hall–Kier alpha value is -3.32. The van der Waals surface area contributed by atoms with E-state index in [1.165, 1.54) is 26.2 Å². The van der Waals surface area contributed by atoms with Crippen LogP contribution >= 0.6 is 0 Å². The molecular weight excluding hydrogens is 374 g/mol. The molecule has 1 N–H and O–H groups in total. The van der Waals surface area contributed by atoms with Crippen LogP contribution in [0.4, 0.5) is 0 Å². The van der Waals surface area contributed by atoms with Crippen LogP contribution in [0.5, 0.6) is 11.5 Å². The standard InChI is InChI=1S/C22H23NO6/c1-27-12-11-23-19(16-10-9-15(28-2)13-17(16)29-3)18(21(25)22(23)26)20(24)14-7-5-4-6-8-14/h4-10,13,19,24H,11-12H2,1-3H3. The number of rotatable bonds is 7. The van der Waals surface area contributed by atoms with Crippen molar-refractivity contribution in [3.63, 3.8) is 0 Å². The second kappa shape index (κ2) is 8.79. The Kier molecular flexibility index (Phi) is 6.19. The highest BCUT2D eigenvalue weighted by Crippen LogP contribution is 2.43. The molecule has 3 rings (SSSR count). The molecule has 7 heteroatoms. The van der Waals surface area contributed by atoms with Crippen LogP contribution in [0.2, 0.25) is 0 Å². The van der Waals surface area contributed by atoms with Gasteiger partial charge in [0.2, 0.25) is 0 Å². The molecule has 0 aliphatic carbocycles. The third-order valence-corrected chi connectivity index (χ3v) is 4.86. The number of aliphatic hydroxyl groups excluding tert-OH is 1. The first-order valence-corrected chi connectivity index (χ1v) is 9.08. The highest BCUT2D eigenvalue weighted by Gasteiger charge is 2.46. The van der Waals surface area contributed by atoms with Gasteiger partial charge in [0.05, 0.1) is 32.4 Å². The molecule has 2 aromatic carbocycles. The first-order valence-electron chi connectivity index (χ1n) is 9.08. The monoisotopic (exact) mass is 397 g/mol. The maximum Gasteiger partial charge on any atom is 0.295 e. The summed E-state index contributed by atoms with van der Waals surface area (Å²) in [6.45, 7) is 0.430. The van der Waals surface area contributed by atoms with Gasteiger partial charge < -0.3 is 24.2 Å². The van der Waals surface area contributed by atoms with E-state index >= 15 is 0 Å². The molecule has 1 aliphatic rings. The number of methoxy groups -OCH3 is 3. The van der Waals surface area contributed by atoms with Gasteiger partial charge in [-0.05, 0) is 12.1 Å². The van der Waals surface area contributed by atoms with E-state index in [-0.39, 0.29) is 24.5 Å². The number of hydrogen-bond donors (Lipinski definition) is 1. The number of aliphatic hydroxyl groups is 1. The summed E-state index contributed by atoms with van der Waals surface area (Å²) in [5.74, 6) is -0.653. The van der Waals surface area contributed by atoms with E-state index in [2.05, 4.69) is 0 Å². The third-order valence-electron chi connectivity index (χ3n) is 4.86. The summed E-state index contributed by atoms with van der Waals surface area (Å²) in [6, 6.07) is 13.0. The molecule has 0 saturated carbocycles. The summed E-state index contributed by atoms with van der Waals surface area (Å²) < 4.78 is 15.8. The van der Waals surface area contributed by atoms with Gasteiger partial charge in [-0.15, -0.1) is 0 Å². The molecule has 29 heavy (non-hydrogen) atoms. The van der Waals surface area contributed by atoms with E-state index in [9.17, 15) is 14.7 Å². The summed E-state index contributed by atoms with van der Waals surface area (Å²) >= 11 is 0. The Morgan fingerprint density at radius 1 is 1.03 bits per heavy atom. The lowest BCUT2D eigenvalue weighted by Gasteiger charge is -2.26. The van der Waals surface area contributed by atoms with Gasteiger partial charge >= 0.3 is 0 Å². The van der Waals surface area contributed by atoms with Crippen molar-refractivity contribution in [1.29, 1.82) is 0 Å². The number of Topliss-reactive ketones (excluding diaryl/α,β-unsaturated/α-hetero) is 1. The topological polar surface area (TPSA) is 85.3 Å². The lowest BCUT2D eigenvalue weighted by molar-refractivity contribution is -0.140. The number of ketones is 1. The Labute approximate surface area is 169 Å². The van der Waals surface area contributed by atoms with Gasteiger partial charge in [-0.25, -0.2) is 0 Å². The highest BCUT2D eigenvalue weighted by molar-refractivity contribution is 6.46. The molecule has 1 amide bonds. The highest BCUT2D eigenvalue weighted by atomic mass is 16.5. The minimum absolute atomic E-state index is 0.0146. The van der Waals surface area contributed by atoms with Gasteiger partial charge in [-0.1, -0.05) is 30.3 Å². The van der Waals surface area contributed by atoms with Crippen molar-refractivity contribution in [1.82, 2.24) is 4.90 Å². The fourth-order valence-electron chi connectivity index (χ4n) is 3.42. The molecule has 1 atom stereocenters. The van der Waals surface area contributed by atoms with E-state index in [0.29, 0.717) is 22.6 Å². The molecule has 1 heterocycles. The van der Waals surface area contributed by atoms with Gasteiger partial charge in [0.25, 0.3) is 11.7 Å². The van der Waals surface area contributed by atoms with E-state index in [1.807, 2.05) is 0 Å². The second-order valence-electron chi connectivity index (χ2n) is 6.46. The van der Waals surface area contributed by atoms with Crippen molar-refractivity contribution in [2.45, 2.75) is 6.04 Å². The average Bonchev–Trinajstić information content (AvgIpc) is 3.01. The molecule has 1 aliphatic heterocycles. The normalized spacial score (nSPS) is 18.2. The first-order chi connectivity index (χ1) is 14.0. The average molecular weight is 397 g/mol. The third kappa shape index (κ3) is 3.82. The smallest absolute Gasteiger partial charge is 0.295 e. The van der Waals surface area contributed by atoms with Crippen LogP contribution in [0.25, 0.3) is 5.76 Å². The Morgan fingerprint density at radius 2 is 1.76 bits per heavy atom. The molecule has 1 fully saturated rings. The number of carbonyl (C=O) groups is 2. The zero-order chi connectivity index (χ0) is 21.0. The molecule has 0 aromatic heterocycles. The molecule has 0 bridgehead atoms. The summed E-state index contributed by atoms with van der Waals surface area (Å²) in [7, 11) is 4.55. The SMILES string of the molecule is COCCN1C(=O)C(=O)C(=C(O)c2ccccc2)C1c1ccc(OC)cc1OC. The minimum Gasteiger partial charge on any atom is -0.507 e. The van der Waals surface area contributed by atoms with Gasteiger partial charge in [-0.2, -0.15) is 0 Å². The zero-order valence-electron chi connectivity index (χ0n) is 16.5. The molecule has 2 aromatic rings. The van der Waals surface area contributed by atoms with Crippen LogP contribution in [-0.4, -0.2) is 56.2 Å². The van der Waals surface area contributed by atoms with E-state index in [1.54, 1.807) is 48.5 Å². The van der Waals surface area contributed by atoms with Crippen molar-refractivity contribution in [3.05, 3.63) is 65.2 Å². The Bertz CT molecular complexity index is 938. The fraction of sp³-hybridized carbons (Fsp3) is 0.273. The van der Waals surface area contributed by atoms with Crippen molar-refractivity contribution in [2.75, 3.05) is 34.5 Å². The van der Waals surface area contributed by atoms with Crippen molar-refractivity contribution in [3.8, 4) is 11.5 Å². The number of nitrogens with zero attached hydrogens (tertiary/aromatic N) is 1. The molecule has 1 saturated heterocycles. The van der Waals surface area contributed by atoms with E-state index in [4.69, 9.17) is 14.2 Å². The first kappa shape index (κ1) is 20.4. The number of likely N-dealkylation sites (tertiary alicyclic amines) is 1. The van der Waals surface area contributed by atoms with Gasteiger partial charge in [0, 0.05) is 30.8 Å². The molecule has 152 valence electrons. The molecule has 0 radical (unpaired) electrons. The van der Waals surface area contributed by atoms with Gasteiger partial charge in [0.15, 0.2) is 0 Å². The number of amides is 1. The van der Waals surface area contributed by atoms with Crippen molar-refractivity contribution < 1.29 is 28.9 Å². The van der Waals surface area contributed by atoms with Crippen molar-refractivity contribution >= 4 is 17.4 Å². The van der Waals surface area contributed by atoms with Crippen LogP contribution in [0, 0.1) is 0 Å². The van der Waals surface area contributed by atoms with Crippen molar-refractivity contribution in [2.24, 2.45) is 0 Å². The van der Waals surface area contributed by atoms with Gasteiger partial charge in [0.1, 0.15) is 17.3 Å². The molecule has 7 nitrogen and oxygen atoms in total. The van der Waals surface area contributed by atoms with Crippen LogP contribution < -0.4 is 9.47 Å². The summed E-state index contributed by atoms with van der Waals surface area (Å²) in [6.07, 6.45) is 0. The quantitative estimate of drug-likeness (QED) is 0.439. The van der Waals surface area contributed by atoms with E-state index in [0.717, 1.165) is 0 Å². The lowest BCUT2D eigenvalue weighted by atomic mass is 9.94. The maximum absolute atomic E-state index is 12.9.